The molecule has 1 unspecified atom stereocenters. The highest BCUT2D eigenvalue weighted by atomic mass is 32.2. The summed E-state index contributed by atoms with van der Waals surface area (Å²) in [6, 6.07) is 6.11. The SMILES string of the molecule is CC1Cc2cc(CS(=O)(=O)c3cccs3)cc([N+](=O)[O-])c2NC(=S)O1. The number of nitro benzene ring substituents is 1. The Kier molecular flexibility index (Phi) is 4.76. The molecule has 0 saturated heterocycles. The van der Waals surface area contributed by atoms with Gasteiger partial charge in [-0.1, -0.05) is 12.1 Å². The van der Waals surface area contributed by atoms with Crippen LogP contribution in [0.4, 0.5) is 11.4 Å². The summed E-state index contributed by atoms with van der Waals surface area (Å²) in [5.41, 5.74) is 1.02. The van der Waals surface area contributed by atoms with Gasteiger partial charge in [0.2, 0.25) is 0 Å². The lowest BCUT2D eigenvalue weighted by Crippen LogP contribution is -2.17. The zero-order valence-electron chi connectivity index (χ0n) is 13.1. The first kappa shape index (κ1) is 17.8. The molecule has 1 atom stereocenters. The van der Waals surface area contributed by atoms with Gasteiger partial charge in [-0.2, -0.15) is 0 Å². The second-order valence-electron chi connectivity index (χ2n) is 5.64. The lowest BCUT2D eigenvalue weighted by molar-refractivity contribution is -0.384. The number of fused-ring (bicyclic) bond motifs is 1. The number of anilines is 1. The third kappa shape index (κ3) is 3.80. The van der Waals surface area contributed by atoms with Crippen LogP contribution in [0.5, 0.6) is 0 Å². The van der Waals surface area contributed by atoms with Gasteiger partial charge in [0.1, 0.15) is 16.0 Å². The first-order valence-electron chi connectivity index (χ1n) is 7.30. The summed E-state index contributed by atoms with van der Waals surface area (Å²) in [4.78, 5) is 10.9. The van der Waals surface area contributed by atoms with Crippen LogP contribution in [0.1, 0.15) is 18.1 Å². The molecule has 7 nitrogen and oxygen atoms in total. The molecule has 0 radical (unpaired) electrons. The second-order valence-corrected chi connectivity index (χ2v) is 9.18. The number of hydrogen-bond acceptors (Lipinski definition) is 7. The van der Waals surface area contributed by atoms with Gasteiger partial charge in [-0.05, 0) is 41.7 Å². The van der Waals surface area contributed by atoms with Gasteiger partial charge in [-0.3, -0.25) is 10.1 Å². The molecule has 0 aliphatic carbocycles. The number of ether oxygens (including phenoxy) is 1. The summed E-state index contributed by atoms with van der Waals surface area (Å²) in [5, 5.41) is 15.9. The summed E-state index contributed by atoms with van der Waals surface area (Å²) in [7, 11) is -3.55. The highest BCUT2D eigenvalue weighted by Gasteiger charge is 2.27. The predicted octanol–water partition coefficient (Wildman–Crippen LogP) is 3.29. The number of sulfone groups is 1. The number of nitrogens with one attached hydrogen (secondary N) is 1. The van der Waals surface area contributed by atoms with Gasteiger partial charge in [0.05, 0.1) is 10.7 Å². The normalized spacial score (nSPS) is 17.2. The molecule has 1 aromatic carbocycles. The number of nitro groups is 1. The highest BCUT2D eigenvalue weighted by molar-refractivity contribution is 7.92. The van der Waals surface area contributed by atoms with Crippen molar-refractivity contribution in [2.24, 2.45) is 0 Å². The van der Waals surface area contributed by atoms with Crippen LogP contribution in [0.25, 0.3) is 0 Å². The third-order valence-electron chi connectivity index (χ3n) is 3.66. The van der Waals surface area contributed by atoms with Gasteiger partial charge in [-0.15, -0.1) is 11.3 Å². The Hall–Kier alpha value is -2.04. The Bertz CT molecular complexity index is 938. The maximum Gasteiger partial charge on any atom is 0.293 e. The summed E-state index contributed by atoms with van der Waals surface area (Å²) in [5.74, 6) is -0.304. The van der Waals surface area contributed by atoms with Gasteiger partial charge >= 0.3 is 0 Å². The van der Waals surface area contributed by atoms with Crippen molar-refractivity contribution in [1.29, 1.82) is 0 Å². The van der Waals surface area contributed by atoms with Crippen molar-refractivity contribution in [2.75, 3.05) is 5.32 Å². The molecule has 3 rings (SSSR count). The molecule has 2 aromatic rings. The zero-order valence-corrected chi connectivity index (χ0v) is 15.5. The van der Waals surface area contributed by atoms with Crippen LogP contribution in [-0.2, 0) is 26.7 Å². The van der Waals surface area contributed by atoms with Gasteiger partial charge < -0.3 is 10.1 Å². The fraction of sp³-hybridized carbons (Fsp3) is 0.267. The number of hydrogen-bond donors (Lipinski definition) is 1. The highest BCUT2D eigenvalue weighted by Crippen LogP contribution is 2.34. The molecule has 1 aliphatic heterocycles. The summed E-state index contributed by atoms with van der Waals surface area (Å²) < 4.78 is 30.6. The molecule has 0 bridgehead atoms. The topological polar surface area (TPSA) is 98.5 Å². The van der Waals surface area contributed by atoms with E-state index in [1.807, 2.05) is 0 Å². The smallest absolute Gasteiger partial charge is 0.293 e. The maximum atomic E-state index is 12.5. The zero-order chi connectivity index (χ0) is 18.2. The van der Waals surface area contributed by atoms with Crippen LogP contribution in [0.15, 0.2) is 33.9 Å². The molecule has 25 heavy (non-hydrogen) atoms. The number of nitrogens with zero attached hydrogens (tertiary/aromatic N) is 1. The Morgan fingerprint density at radius 2 is 2.24 bits per heavy atom. The Morgan fingerprint density at radius 3 is 2.88 bits per heavy atom. The number of thiocarbonyl (C=S) groups is 1. The van der Waals surface area contributed by atoms with E-state index in [1.165, 1.54) is 12.1 Å². The predicted molar refractivity (Wildman–Crippen MR) is 98.8 cm³/mol. The van der Waals surface area contributed by atoms with E-state index in [4.69, 9.17) is 17.0 Å². The van der Waals surface area contributed by atoms with Gasteiger partial charge in [0, 0.05) is 12.5 Å². The fourth-order valence-electron chi connectivity index (χ4n) is 2.68. The largest absolute Gasteiger partial charge is 0.467 e. The Morgan fingerprint density at radius 1 is 1.48 bits per heavy atom. The maximum absolute atomic E-state index is 12.5. The summed E-state index contributed by atoms with van der Waals surface area (Å²) >= 11 is 6.14. The molecule has 2 heterocycles. The third-order valence-corrected chi connectivity index (χ3v) is 7.03. The molecular weight excluding hydrogens is 384 g/mol. The van der Waals surface area contributed by atoms with Crippen molar-refractivity contribution in [3.8, 4) is 0 Å². The van der Waals surface area contributed by atoms with Crippen molar-refractivity contribution in [1.82, 2.24) is 0 Å². The first-order valence-corrected chi connectivity index (χ1v) is 10.2. The molecule has 1 aromatic heterocycles. The van der Waals surface area contributed by atoms with Crippen LogP contribution >= 0.6 is 23.6 Å². The molecule has 132 valence electrons. The minimum Gasteiger partial charge on any atom is -0.467 e. The van der Waals surface area contributed by atoms with Gasteiger partial charge in [0.25, 0.3) is 10.9 Å². The molecule has 0 amide bonds. The first-order chi connectivity index (χ1) is 11.8. The van der Waals surface area contributed by atoms with E-state index in [0.717, 1.165) is 11.3 Å². The number of rotatable bonds is 4. The number of benzene rings is 1. The van der Waals surface area contributed by atoms with Crippen molar-refractivity contribution in [3.05, 3.63) is 50.9 Å². The van der Waals surface area contributed by atoms with Crippen LogP contribution in [-0.4, -0.2) is 24.6 Å². The van der Waals surface area contributed by atoms with E-state index >= 15 is 0 Å². The quantitative estimate of drug-likeness (QED) is 0.479. The molecule has 0 fully saturated rings. The average molecular weight is 398 g/mol. The van der Waals surface area contributed by atoms with Crippen molar-refractivity contribution in [2.45, 2.75) is 29.4 Å². The van der Waals surface area contributed by atoms with Crippen LogP contribution in [0, 0.1) is 10.1 Å². The monoisotopic (exact) mass is 398 g/mol. The minimum absolute atomic E-state index is 0.0632. The van der Waals surface area contributed by atoms with E-state index in [-0.39, 0.29) is 32.6 Å². The molecule has 0 saturated carbocycles. The molecule has 1 aliphatic rings. The lowest BCUT2D eigenvalue weighted by Gasteiger charge is -2.10. The van der Waals surface area contributed by atoms with Gasteiger partial charge in [-0.25, -0.2) is 8.42 Å². The van der Waals surface area contributed by atoms with E-state index in [2.05, 4.69) is 5.32 Å². The summed E-state index contributed by atoms with van der Waals surface area (Å²) in [6.45, 7) is 1.80. The van der Waals surface area contributed by atoms with Crippen LogP contribution in [0.3, 0.4) is 0 Å². The Balaban J connectivity index is 2.06. The molecule has 1 N–H and O–H groups in total. The van der Waals surface area contributed by atoms with Crippen molar-refractivity contribution < 1.29 is 18.1 Å². The van der Waals surface area contributed by atoms with E-state index in [0.29, 0.717) is 17.5 Å². The van der Waals surface area contributed by atoms with Crippen molar-refractivity contribution in [3.63, 3.8) is 0 Å². The Labute approximate surface area is 153 Å². The molecule has 0 spiro atoms. The number of thiophene rings is 1. The lowest BCUT2D eigenvalue weighted by atomic mass is 10.0. The van der Waals surface area contributed by atoms with Crippen LogP contribution < -0.4 is 5.32 Å². The molecular formula is C15H14N2O5S3. The molecule has 10 heteroatoms. The average Bonchev–Trinajstić information content (AvgIpc) is 2.99. The summed E-state index contributed by atoms with van der Waals surface area (Å²) in [6.07, 6.45) is 0.112. The fourth-order valence-corrected chi connectivity index (χ4v) is 5.36. The van der Waals surface area contributed by atoms with Crippen molar-refractivity contribution >= 4 is 49.9 Å². The minimum atomic E-state index is -3.55. The second kappa shape index (κ2) is 6.70. The van der Waals surface area contributed by atoms with E-state index in [1.54, 1.807) is 24.4 Å². The van der Waals surface area contributed by atoms with E-state index in [9.17, 15) is 18.5 Å². The standard InChI is InChI=1S/C15H14N2O5S3/c1-9-5-11-6-10(8-25(20,21)13-3-2-4-24-13)7-12(17(18)19)14(11)16-15(23)22-9/h2-4,6-7,9H,5,8H2,1H3,(H,16,23). The van der Waals surface area contributed by atoms with Crippen LogP contribution in [0.2, 0.25) is 0 Å². The van der Waals surface area contributed by atoms with E-state index < -0.39 is 14.8 Å². The van der Waals surface area contributed by atoms with Gasteiger partial charge in [0.15, 0.2) is 9.84 Å².